The Morgan fingerprint density at radius 1 is 1.23 bits per heavy atom. The molecular weight excluding hydrogens is 294 g/mol. The molecule has 0 unspecified atom stereocenters. The van der Waals surface area contributed by atoms with Crippen molar-refractivity contribution in [3.8, 4) is 0 Å². The van der Waals surface area contributed by atoms with Crippen LogP contribution in [0.15, 0.2) is 6.20 Å². The maximum atomic E-state index is 11.0. The Balaban J connectivity index is 1.45. The highest BCUT2D eigenvalue weighted by molar-refractivity contribution is 7.15. The lowest BCUT2D eigenvalue weighted by molar-refractivity contribution is -0.114. The molecule has 1 amide bonds. The van der Waals surface area contributed by atoms with Crippen LogP contribution >= 0.6 is 11.3 Å². The molecule has 1 aromatic heterocycles. The van der Waals surface area contributed by atoms with E-state index in [2.05, 4.69) is 15.2 Å². The second-order valence-corrected chi connectivity index (χ2v) is 7.94. The van der Waals surface area contributed by atoms with Crippen LogP contribution in [0.4, 0.5) is 5.13 Å². The Labute approximate surface area is 137 Å². The van der Waals surface area contributed by atoms with Crippen LogP contribution in [0.1, 0.15) is 56.7 Å². The molecule has 4 nitrogen and oxygen atoms in total. The summed E-state index contributed by atoms with van der Waals surface area (Å²) in [5.74, 6) is 1.92. The van der Waals surface area contributed by atoms with Crippen molar-refractivity contribution in [2.75, 3.05) is 18.4 Å². The lowest BCUT2D eigenvalue weighted by atomic mass is 9.76. The van der Waals surface area contributed by atoms with Crippen LogP contribution in [0.25, 0.3) is 0 Å². The number of piperidine rings is 1. The summed E-state index contributed by atoms with van der Waals surface area (Å²) in [7, 11) is 0. The molecule has 0 bridgehead atoms. The number of amides is 1. The predicted molar refractivity (Wildman–Crippen MR) is 91.0 cm³/mol. The van der Waals surface area contributed by atoms with Crippen LogP contribution in [0, 0.1) is 11.8 Å². The minimum atomic E-state index is -0.0470. The summed E-state index contributed by atoms with van der Waals surface area (Å²) >= 11 is 1.60. The first-order chi connectivity index (χ1) is 10.7. The highest BCUT2D eigenvalue weighted by atomic mass is 32.1. The molecule has 0 atom stereocenters. The first-order valence-corrected chi connectivity index (χ1v) is 9.47. The van der Waals surface area contributed by atoms with Crippen LogP contribution in [0.2, 0.25) is 0 Å². The van der Waals surface area contributed by atoms with Crippen molar-refractivity contribution in [1.29, 1.82) is 0 Å². The van der Waals surface area contributed by atoms with Gasteiger partial charge in [0, 0.05) is 24.5 Å². The molecule has 0 radical (unpaired) electrons. The number of likely N-dealkylation sites (tertiary alicyclic amines) is 1. The number of carbonyl (C=O) groups is 1. The van der Waals surface area contributed by atoms with Crippen molar-refractivity contribution in [3.63, 3.8) is 0 Å². The van der Waals surface area contributed by atoms with Gasteiger partial charge in [-0.15, -0.1) is 11.3 Å². The zero-order chi connectivity index (χ0) is 15.4. The lowest BCUT2D eigenvalue weighted by Crippen LogP contribution is -2.36. The molecule has 1 aromatic rings. The maximum absolute atomic E-state index is 11.0. The van der Waals surface area contributed by atoms with E-state index in [-0.39, 0.29) is 5.91 Å². The van der Waals surface area contributed by atoms with Gasteiger partial charge in [0.1, 0.15) is 0 Å². The number of hydrogen-bond acceptors (Lipinski definition) is 4. The van der Waals surface area contributed by atoms with Crippen LogP contribution < -0.4 is 5.32 Å². The van der Waals surface area contributed by atoms with Crippen molar-refractivity contribution < 1.29 is 4.79 Å². The maximum Gasteiger partial charge on any atom is 0.223 e. The molecule has 1 N–H and O–H groups in total. The molecular formula is C17H27N3OS. The van der Waals surface area contributed by atoms with E-state index in [4.69, 9.17) is 0 Å². The van der Waals surface area contributed by atoms with Gasteiger partial charge in [-0.3, -0.25) is 9.69 Å². The number of nitrogens with one attached hydrogen (secondary N) is 1. The molecule has 1 saturated carbocycles. The van der Waals surface area contributed by atoms with E-state index in [0.29, 0.717) is 0 Å². The summed E-state index contributed by atoms with van der Waals surface area (Å²) in [5, 5.41) is 3.48. The number of carbonyl (C=O) groups excluding carboxylic acids is 1. The van der Waals surface area contributed by atoms with Gasteiger partial charge in [0.25, 0.3) is 0 Å². The summed E-state index contributed by atoms with van der Waals surface area (Å²) in [6, 6.07) is 0. The monoisotopic (exact) mass is 321 g/mol. The third kappa shape index (κ3) is 4.29. The van der Waals surface area contributed by atoms with Crippen LogP contribution in [0.5, 0.6) is 0 Å². The number of hydrogen-bond donors (Lipinski definition) is 1. The van der Waals surface area contributed by atoms with E-state index in [9.17, 15) is 4.79 Å². The average molecular weight is 321 g/mol. The van der Waals surface area contributed by atoms with Crippen LogP contribution in [-0.2, 0) is 11.3 Å². The van der Waals surface area contributed by atoms with Crippen LogP contribution in [-0.4, -0.2) is 28.9 Å². The highest BCUT2D eigenvalue weighted by Crippen LogP contribution is 2.36. The van der Waals surface area contributed by atoms with E-state index in [0.717, 1.165) is 23.5 Å². The Morgan fingerprint density at radius 3 is 2.59 bits per heavy atom. The molecule has 122 valence electrons. The average Bonchev–Trinajstić information content (AvgIpc) is 2.95. The third-order valence-corrected chi connectivity index (χ3v) is 6.06. The molecule has 1 aliphatic heterocycles. The van der Waals surface area contributed by atoms with Gasteiger partial charge < -0.3 is 5.32 Å². The fourth-order valence-electron chi connectivity index (χ4n) is 4.00. The summed E-state index contributed by atoms with van der Waals surface area (Å²) in [6.07, 6.45) is 11.9. The molecule has 3 rings (SSSR count). The van der Waals surface area contributed by atoms with Crippen molar-refractivity contribution in [3.05, 3.63) is 11.1 Å². The first-order valence-electron chi connectivity index (χ1n) is 8.65. The Kier molecular flexibility index (Phi) is 5.47. The minimum absolute atomic E-state index is 0.0470. The highest BCUT2D eigenvalue weighted by Gasteiger charge is 2.27. The van der Waals surface area contributed by atoms with Gasteiger partial charge in [0.2, 0.25) is 5.91 Å². The van der Waals surface area contributed by atoms with Crippen LogP contribution in [0.3, 0.4) is 0 Å². The Morgan fingerprint density at radius 2 is 1.91 bits per heavy atom. The van der Waals surface area contributed by atoms with Gasteiger partial charge >= 0.3 is 0 Å². The molecule has 0 spiro atoms. The van der Waals surface area contributed by atoms with Crippen molar-refractivity contribution >= 4 is 22.4 Å². The van der Waals surface area contributed by atoms with Gasteiger partial charge in [-0.2, -0.15) is 0 Å². The minimum Gasteiger partial charge on any atom is -0.302 e. The number of thiazole rings is 1. The van der Waals surface area contributed by atoms with E-state index < -0.39 is 0 Å². The smallest absolute Gasteiger partial charge is 0.223 e. The third-order valence-electron chi connectivity index (χ3n) is 5.16. The Bertz CT molecular complexity index is 488. The quantitative estimate of drug-likeness (QED) is 0.915. The normalized spacial score (nSPS) is 21.9. The number of nitrogens with zero attached hydrogens (tertiary/aromatic N) is 2. The lowest BCUT2D eigenvalue weighted by Gasteiger charge is -2.37. The fraction of sp³-hybridized carbons (Fsp3) is 0.765. The SMILES string of the molecule is CC(=O)Nc1ncc(CN2CCC(C3CCCCC3)CC2)s1. The number of rotatable bonds is 4. The summed E-state index contributed by atoms with van der Waals surface area (Å²) < 4.78 is 0. The van der Waals surface area contributed by atoms with Crippen molar-refractivity contribution in [2.45, 2.75) is 58.4 Å². The van der Waals surface area contributed by atoms with Gasteiger partial charge in [-0.25, -0.2) is 4.98 Å². The molecule has 2 heterocycles. The molecule has 5 heteroatoms. The van der Waals surface area contributed by atoms with Gasteiger partial charge in [0.15, 0.2) is 5.13 Å². The molecule has 1 saturated heterocycles. The van der Waals surface area contributed by atoms with Crippen molar-refractivity contribution in [2.24, 2.45) is 11.8 Å². The zero-order valence-electron chi connectivity index (χ0n) is 13.5. The zero-order valence-corrected chi connectivity index (χ0v) is 14.3. The standard InChI is InChI=1S/C17H27N3OS/c1-13(21)19-17-18-11-16(22-17)12-20-9-7-15(8-10-20)14-5-3-2-4-6-14/h11,14-15H,2-10,12H2,1H3,(H,18,19,21). The second kappa shape index (κ2) is 7.55. The fourth-order valence-corrected chi connectivity index (χ4v) is 4.90. The molecule has 2 aliphatic rings. The van der Waals surface area contributed by atoms with E-state index in [1.165, 1.54) is 69.8 Å². The number of aromatic nitrogens is 1. The largest absolute Gasteiger partial charge is 0.302 e. The van der Waals surface area contributed by atoms with E-state index in [1.807, 2.05) is 6.20 Å². The van der Waals surface area contributed by atoms with E-state index >= 15 is 0 Å². The van der Waals surface area contributed by atoms with Gasteiger partial charge in [-0.1, -0.05) is 32.1 Å². The molecule has 22 heavy (non-hydrogen) atoms. The predicted octanol–water partition coefficient (Wildman–Crippen LogP) is 3.89. The van der Waals surface area contributed by atoms with E-state index in [1.54, 1.807) is 11.3 Å². The van der Waals surface area contributed by atoms with Gasteiger partial charge in [0.05, 0.1) is 0 Å². The summed E-state index contributed by atoms with van der Waals surface area (Å²) in [4.78, 5) is 19.1. The summed E-state index contributed by atoms with van der Waals surface area (Å²) in [6.45, 7) is 4.94. The topological polar surface area (TPSA) is 45.2 Å². The summed E-state index contributed by atoms with van der Waals surface area (Å²) in [5.41, 5.74) is 0. The molecule has 2 fully saturated rings. The molecule has 0 aromatic carbocycles. The number of anilines is 1. The Hall–Kier alpha value is -0.940. The van der Waals surface area contributed by atoms with Crippen molar-refractivity contribution in [1.82, 2.24) is 9.88 Å². The molecule has 1 aliphatic carbocycles. The second-order valence-electron chi connectivity index (χ2n) is 6.82. The first kappa shape index (κ1) is 15.9. The van der Waals surface area contributed by atoms with Gasteiger partial charge in [-0.05, 0) is 37.8 Å².